The number of hydrogen-bond donors (Lipinski definition) is 1. The average molecular weight is 497 g/mol. The van der Waals surface area contributed by atoms with Gasteiger partial charge in [-0.2, -0.15) is 0 Å². The highest BCUT2D eigenvalue weighted by atomic mass is 79.9. The lowest BCUT2D eigenvalue weighted by atomic mass is 9.95. The Labute approximate surface area is 193 Å². The van der Waals surface area contributed by atoms with Crippen LogP contribution in [0, 0.1) is 0 Å². The molecule has 0 saturated carbocycles. The van der Waals surface area contributed by atoms with Crippen LogP contribution in [0.2, 0.25) is 5.02 Å². The number of rotatable bonds is 5. The quantitative estimate of drug-likeness (QED) is 0.277. The Morgan fingerprint density at radius 1 is 0.935 bits per heavy atom. The molecular formula is C25H19BrClNO3. The zero-order chi connectivity index (χ0) is 22.0. The first kappa shape index (κ1) is 21.3. The van der Waals surface area contributed by atoms with E-state index in [2.05, 4.69) is 15.9 Å². The fraction of sp³-hybridized carbons (Fsp3) is 0.120. The molecule has 1 aliphatic rings. The van der Waals surface area contributed by atoms with Gasteiger partial charge in [-0.05, 0) is 41.8 Å². The van der Waals surface area contributed by atoms with E-state index in [-0.39, 0.29) is 11.3 Å². The van der Waals surface area contributed by atoms with E-state index in [9.17, 15) is 14.7 Å². The number of halogens is 2. The molecule has 1 aliphatic heterocycles. The lowest BCUT2D eigenvalue weighted by Gasteiger charge is -2.25. The highest BCUT2D eigenvalue weighted by molar-refractivity contribution is 9.10. The van der Waals surface area contributed by atoms with Gasteiger partial charge < -0.3 is 10.0 Å². The Bertz CT molecular complexity index is 1140. The molecule has 31 heavy (non-hydrogen) atoms. The minimum absolute atomic E-state index is 0.0858. The van der Waals surface area contributed by atoms with Gasteiger partial charge in [-0.1, -0.05) is 82.1 Å². The van der Waals surface area contributed by atoms with E-state index >= 15 is 0 Å². The van der Waals surface area contributed by atoms with Crippen LogP contribution in [0.3, 0.4) is 0 Å². The maximum Gasteiger partial charge on any atom is 0.295 e. The van der Waals surface area contributed by atoms with Crippen LogP contribution in [0.15, 0.2) is 88.9 Å². The third-order valence-corrected chi connectivity index (χ3v) is 6.11. The van der Waals surface area contributed by atoms with Gasteiger partial charge in [-0.25, -0.2) is 0 Å². The number of Topliss-reactive ketones (excluding diaryl/α,β-unsaturated/α-hetero) is 1. The number of benzene rings is 3. The minimum atomic E-state index is -0.690. The van der Waals surface area contributed by atoms with Gasteiger partial charge in [0.2, 0.25) is 0 Å². The first-order chi connectivity index (χ1) is 15.0. The van der Waals surface area contributed by atoms with Crippen LogP contribution in [0.5, 0.6) is 0 Å². The third-order valence-electron chi connectivity index (χ3n) is 5.33. The van der Waals surface area contributed by atoms with E-state index in [0.29, 0.717) is 23.6 Å². The molecule has 156 valence electrons. The SMILES string of the molecule is O=C1C(=O)N(CCc2ccccc2)[C@H](c2ccc(Cl)cc2)C1=C(O)c1ccc(Br)cc1. The van der Waals surface area contributed by atoms with Gasteiger partial charge in [0.25, 0.3) is 11.7 Å². The molecule has 4 rings (SSSR count). The van der Waals surface area contributed by atoms with Crippen molar-refractivity contribution in [2.45, 2.75) is 12.5 Å². The zero-order valence-corrected chi connectivity index (χ0v) is 18.8. The number of ketones is 1. The maximum atomic E-state index is 13.0. The lowest BCUT2D eigenvalue weighted by Crippen LogP contribution is -2.31. The van der Waals surface area contributed by atoms with Crippen molar-refractivity contribution >= 4 is 45.0 Å². The zero-order valence-electron chi connectivity index (χ0n) is 16.5. The third kappa shape index (κ3) is 4.43. The van der Waals surface area contributed by atoms with Crippen molar-refractivity contribution in [3.63, 3.8) is 0 Å². The molecule has 1 amide bonds. The van der Waals surface area contributed by atoms with Gasteiger partial charge in [-0.15, -0.1) is 0 Å². The summed E-state index contributed by atoms with van der Waals surface area (Å²) in [6, 6.07) is 23.0. The first-order valence-corrected chi connectivity index (χ1v) is 11.0. The van der Waals surface area contributed by atoms with Crippen LogP contribution in [-0.4, -0.2) is 28.2 Å². The molecule has 1 heterocycles. The molecule has 4 nitrogen and oxygen atoms in total. The molecule has 1 N–H and O–H groups in total. The fourth-order valence-corrected chi connectivity index (χ4v) is 4.15. The number of hydrogen-bond acceptors (Lipinski definition) is 3. The second kappa shape index (κ2) is 9.08. The van der Waals surface area contributed by atoms with Gasteiger partial charge in [-0.3, -0.25) is 9.59 Å². The van der Waals surface area contributed by atoms with Crippen LogP contribution in [0.25, 0.3) is 5.76 Å². The molecule has 1 saturated heterocycles. The molecule has 1 fully saturated rings. The predicted octanol–water partition coefficient (Wildman–Crippen LogP) is 5.77. The first-order valence-electron chi connectivity index (χ1n) is 9.79. The monoisotopic (exact) mass is 495 g/mol. The summed E-state index contributed by atoms with van der Waals surface area (Å²) in [5.74, 6) is -1.49. The molecule has 0 spiro atoms. The molecule has 3 aromatic carbocycles. The Balaban J connectivity index is 1.78. The van der Waals surface area contributed by atoms with Crippen LogP contribution >= 0.6 is 27.5 Å². The number of aliphatic hydroxyl groups is 1. The Kier molecular flexibility index (Phi) is 6.25. The Hall–Kier alpha value is -2.89. The summed E-state index contributed by atoms with van der Waals surface area (Å²) in [5.41, 5.74) is 2.34. The summed E-state index contributed by atoms with van der Waals surface area (Å²) in [5, 5.41) is 11.6. The second-order valence-electron chi connectivity index (χ2n) is 7.29. The number of amides is 1. The topological polar surface area (TPSA) is 57.6 Å². The summed E-state index contributed by atoms with van der Waals surface area (Å²) < 4.78 is 0.849. The molecule has 3 aromatic rings. The van der Waals surface area contributed by atoms with Crippen molar-refractivity contribution in [1.29, 1.82) is 0 Å². The van der Waals surface area contributed by atoms with Gasteiger partial charge in [0.05, 0.1) is 11.6 Å². The van der Waals surface area contributed by atoms with Crippen molar-refractivity contribution in [3.05, 3.63) is 111 Å². The number of likely N-dealkylation sites (tertiary alicyclic amines) is 1. The summed E-state index contributed by atoms with van der Waals surface area (Å²) >= 11 is 9.42. The van der Waals surface area contributed by atoms with Gasteiger partial charge in [0, 0.05) is 21.6 Å². The normalized spacial score (nSPS) is 17.9. The van der Waals surface area contributed by atoms with Crippen molar-refractivity contribution in [1.82, 2.24) is 4.90 Å². The van der Waals surface area contributed by atoms with E-state index in [1.807, 2.05) is 30.3 Å². The molecule has 0 bridgehead atoms. The van der Waals surface area contributed by atoms with Crippen molar-refractivity contribution in [3.8, 4) is 0 Å². The van der Waals surface area contributed by atoms with Gasteiger partial charge >= 0.3 is 0 Å². The van der Waals surface area contributed by atoms with E-state index in [0.717, 1.165) is 15.6 Å². The number of carbonyl (C=O) groups is 2. The van der Waals surface area contributed by atoms with Crippen LogP contribution in [0.4, 0.5) is 0 Å². The summed E-state index contributed by atoms with van der Waals surface area (Å²) in [4.78, 5) is 27.5. The van der Waals surface area contributed by atoms with E-state index in [4.69, 9.17) is 11.6 Å². The number of carbonyl (C=O) groups excluding carboxylic acids is 2. The van der Waals surface area contributed by atoms with E-state index in [1.54, 1.807) is 48.5 Å². The lowest BCUT2D eigenvalue weighted by molar-refractivity contribution is -0.139. The van der Waals surface area contributed by atoms with Crippen molar-refractivity contribution < 1.29 is 14.7 Å². The van der Waals surface area contributed by atoms with Crippen LogP contribution in [-0.2, 0) is 16.0 Å². The number of aliphatic hydroxyl groups excluding tert-OH is 1. The van der Waals surface area contributed by atoms with Gasteiger partial charge in [0.15, 0.2) is 0 Å². The van der Waals surface area contributed by atoms with Gasteiger partial charge in [0.1, 0.15) is 5.76 Å². The molecule has 1 atom stereocenters. The molecule has 0 aromatic heterocycles. The molecule has 0 radical (unpaired) electrons. The standard InChI is InChI=1S/C25H19BrClNO3/c26-19-10-6-18(7-11-19)23(29)21-22(17-8-12-20(27)13-9-17)28(25(31)24(21)30)15-14-16-4-2-1-3-5-16/h1-13,22,29H,14-15H2/t22-/m1/s1. The summed E-state index contributed by atoms with van der Waals surface area (Å²) in [6.45, 7) is 0.346. The molecular weight excluding hydrogens is 478 g/mol. The number of nitrogens with zero attached hydrogens (tertiary/aromatic N) is 1. The average Bonchev–Trinajstić information content (AvgIpc) is 3.04. The summed E-state index contributed by atoms with van der Waals surface area (Å²) in [6.07, 6.45) is 0.594. The highest BCUT2D eigenvalue weighted by Crippen LogP contribution is 2.39. The van der Waals surface area contributed by atoms with Crippen LogP contribution < -0.4 is 0 Å². The Morgan fingerprint density at radius 2 is 1.58 bits per heavy atom. The predicted molar refractivity (Wildman–Crippen MR) is 125 cm³/mol. The van der Waals surface area contributed by atoms with Crippen molar-refractivity contribution in [2.75, 3.05) is 6.54 Å². The largest absolute Gasteiger partial charge is 0.507 e. The summed E-state index contributed by atoms with van der Waals surface area (Å²) in [7, 11) is 0. The van der Waals surface area contributed by atoms with Crippen LogP contribution in [0.1, 0.15) is 22.7 Å². The molecule has 0 aliphatic carbocycles. The maximum absolute atomic E-state index is 13.0. The smallest absolute Gasteiger partial charge is 0.295 e. The highest BCUT2D eigenvalue weighted by Gasteiger charge is 2.45. The minimum Gasteiger partial charge on any atom is -0.507 e. The van der Waals surface area contributed by atoms with E-state index < -0.39 is 17.7 Å². The second-order valence-corrected chi connectivity index (χ2v) is 8.64. The molecule has 6 heteroatoms. The fourth-order valence-electron chi connectivity index (χ4n) is 3.76. The van der Waals surface area contributed by atoms with E-state index in [1.165, 1.54) is 4.90 Å². The molecule has 0 unspecified atom stereocenters. The Morgan fingerprint density at radius 3 is 2.23 bits per heavy atom. The van der Waals surface area contributed by atoms with Crippen molar-refractivity contribution in [2.24, 2.45) is 0 Å².